The van der Waals surface area contributed by atoms with Crippen LogP contribution >= 0.6 is 0 Å². The lowest BCUT2D eigenvalue weighted by Crippen LogP contribution is -2.60. The molecule has 0 aromatic carbocycles. The maximum absolute atomic E-state index is 10.8. The van der Waals surface area contributed by atoms with E-state index in [1.54, 1.807) is 0 Å². The summed E-state index contributed by atoms with van der Waals surface area (Å²) in [6, 6.07) is 0. The Morgan fingerprint density at radius 3 is 1.94 bits per heavy atom. The molecular formula is C14H25NO. The van der Waals surface area contributed by atoms with Gasteiger partial charge >= 0.3 is 0 Å². The number of hydrogen-bond donors (Lipinski definition) is 2. The van der Waals surface area contributed by atoms with Gasteiger partial charge in [-0.05, 0) is 70.3 Å². The molecule has 2 heteroatoms. The summed E-state index contributed by atoms with van der Waals surface area (Å²) in [7, 11) is 1.95. The summed E-state index contributed by atoms with van der Waals surface area (Å²) in [5.41, 5.74) is -0.261. The van der Waals surface area contributed by atoms with Crippen molar-refractivity contribution < 1.29 is 5.11 Å². The van der Waals surface area contributed by atoms with Crippen LogP contribution in [0.3, 0.4) is 0 Å². The van der Waals surface area contributed by atoms with Crippen LogP contribution in [0.15, 0.2) is 0 Å². The van der Waals surface area contributed by atoms with Gasteiger partial charge in [-0.25, -0.2) is 0 Å². The lowest BCUT2D eigenvalue weighted by Gasteiger charge is -2.61. The smallest absolute Gasteiger partial charge is 0.0799 e. The first-order chi connectivity index (χ1) is 7.55. The van der Waals surface area contributed by atoms with Crippen molar-refractivity contribution in [1.82, 2.24) is 5.32 Å². The minimum atomic E-state index is -0.502. The Hall–Kier alpha value is -0.0800. The number of hydrogen-bond acceptors (Lipinski definition) is 2. The first kappa shape index (κ1) is 11.0. The molecule has 92 valence electrons. The van der Waals surface area contributed by atoms with Gasteiger partial charge in [0.25, 0.3) is 0 Å². The van der Waals surface area contributed by atoms with E-state index in [0.29, 0.717) is 0 Å². The van der Waals surface area contributed by atoms with E-state index in [0.717, 1.165) is 24.3 Å². The van der Waals surface area contributed by atoms with Crippen molar-refractivity contribution in [2.24, 2.45) is 23.2 Å². The Morgan fingerprint density at radius 1 is 1.12 bits per heavy atom. The predicted molar refractivity (Wildman–Crippen MR) is 65.2 cm³/mol. The molecule has 4 saturated carbocycles. The van der Waals surface area contributed by atoms with Crippen LogP contribution in [0.2, 0.25) is 0 Å². The Bertz CT molecular complexity index is 249. The second-order valence-electron chi connectivity index (χ2n) is 7.00. The zero-order valence-electron chi connectivity index (χ0n) is 10.6. The molecule has 0 aromatic heterocycles. The molecule has 1 unspecified atom stereocenters. The molecule has 4 rings (SSSR count). The van der Waals surface area contributed by atoms with Crippen molar-refractivity contribution >= 4 is 0 Å². The summed E-state index contributed by atoms with van der Waals surface area (Å²) in [6.45, 7) is 2.82. The highest BCUT2D eigenvalue weighted by Crippen LogP contribution is 2.63. The van der Waals surface area contributed by atoms with Gasteiger partial charge < -0.3 is 10.4 Å². The van der Waals surface area contributed by atoms with Gasteiger partial charge in [0, 0.05) is 12.0 Å². The van der Waals surface area contributed by atoms with Crippen molar-refractivity contribution in [3.8, 4) is 0 Å². The largest absolute Gasteiger partial charge is 0.388 e. The lowest BCUT2D eigenvalue weighted by molar-refractivity contribution is -0.168. The third-order valence-corrected chi connectivity index (χ3v) is 5.70. The molecule has 4 aliphatic carbocycles. The number of rotatable bonds is 3. The SMILES string of the molecule is CNCC(C)(O)C12CC3CC(CC(C3)C1)C2. The summed E-state index contributed by atoms with van der Waals surface area (Å²) in [4.78, 5) is 0. The van der Waals surface area contributed by atoms with Gasteiger partial charge in [-0.2, -0.15) is 0 Å². The van der Waals surface area contributed by atoms with E-state index < -0.39 is 5.60 Å². The first-order valence-corrected chi connectivity index (χ1v) is 6.92. The van der Waals surface area contributed by atoms with Crippen LogP contribution in [-0.2, 0) is 0 Å². The van der Waals surface area contributed by atoms with Crippen LogP contribution in [0.4, 0.5) is 0 Å². The van der Waals surface area contributed by atoms with Gasteiger partial charge in [0.15, 0.2) is 0 Å². The van der Waals surface area contributed by atoms with Crippen LogP contribution in [0.5, 0.6) is 0 Å². The molecule has 16 heavy (non-hydrogen) atoms. The summed E-state index contributed by atoms with van der Waals surface area (Å²) in [5, 5.41) is 14.0. The Labute approximate surface area is 98.8 Å². The molecule has 1 atom stereocenters. The van der Waals surface area contributed by atoms with Gasteiger partial charge in [0.2, 0.25) is 0 Å². The fourth-order valence-electron chi connectivity index (χ4n) is 5.30. The molecule has 0 aliphatic heterocycles. The summed E-state index contributed by atoms with van der Waals surface area (Å²) >= 11 is 0. The number of nitrogens with one attached hydrogen (secondary N) is 1. The monoisotopic (exact) mass is 223 g/mol. The Morgan fingerprint density at radius 2 is 1.56 bits per heavy atom. The Balaban J connectivity index is 1.88. The van der Waals surface area contributed by atoms with Gasteiger partial charge in [-0.3, -0.25) is 0 Å². The van der Waals surface area contributed by atoms with Crippen LogP contribution in [0, 0.1) is 23.2 Å². The van der Waals surface area contributed by atoms with Gasteiger partial charge in [0.05, 0.1) is 5.60 Å². The third kappa shape index (κ3) is 1.46. The van der Waals surface area contributed by atoms with Crippen molar-refractivity contribution in [2.75, 3.05) is 13.6 Å². The normalized spacial score (nSPS) is 49.3. The zero-order chi connectivity index (χ0) is 11.4. The molecular weight excluding hydrogens is 198 g/mol. The summed E-state index contributed by atoms with van der Waals surface area (Å²) < 4.78 is 0. The van der Waals surface area contributed by atoms with Crippen LogP contribution < -0.4 is 5.32 Å². The van der Waals surface area contributed by atoms with Crippen LogP contribution in [-0.4, -0.2) is 24.3 Å². The van der Waals surface area contributed by atoms with Crippen LogP contribution in [0.25, 0.3) is 0 Å². The van der Waals surface area contributed by atoms with Crippen molar-refractivity contribution in [3.63, 3.8) is 0 Å². The van der Waals surface area contributed by atoms with E-state index in [2.05, 4.69) is 12.2 Å². The maximum atomic E-state index is 10.8. The van der Waals surface area contributed by atoms with Crippen molar-refractivity contribution in [1.29, 1.82) is 0 Å². The maximum Gasteiger partial charge on any atom is 0.0799 e. The highest BCUT2D eigenvalue weighted by atomic mass is 16.3. The van der Waals surface area contributed by atoms with E-state index in [1.807, 2.05) is 7.05 Å². The van der Waals surface area contributed by atoms with E-state index >= 15 is 0 Å². The number of aliphatic hydroxyl groups is 1. The molecule has 0 radical (unpaired) electrons. The first-order valence-electron chi connectivity index (χ1n) is 6.92. The van der Waals surface area contributed by atoms with E-state index in [-0.39, 0.29) is 5.41 Å². The standard InChI is InChI=1S/C14H25NO/c1-13(16,9-15-2)14-6-10-3-11(7-14)5-12(4-10)8-14/h10-12,15-16H,3-9H2,1-2H3. The predicted octanol–water partition coefficient (Wildman–Crippen LogP) is 2.17. The second-order valence-corrected chi connectivity index (χ2v) is 7.00. The van der Waals surface area contributed by atoms with E-state index in [9.17, 15) is 5.11 Å². The summed E-state index contributed by atoms with van der Waals surface area (Å²) in [5.74, 6) is 2.78. The zero-order valence-corrected chi connectivity index (χ0v) is 10.6. The molecule has 0 amide bonds. The fraction of sp³-hybridized carbons (Fsp3) is 1.00. The van der Waals surface area contributed by atoms with E-state index in [1.165, 1.54) is 38.5 Å². The topological polar surface area (TPSA) is 32.3 Å². The molecule has 4 aliphatic rings. The molecule has 4 fully saturated rings. The number of likely N-dealkylation sites (N-methyl/N-ethyl adjacent to an activating group) is 1. The molecule has 2 nitrogen and oxygen atoms in total. The fourth-order valence-corrected chi connectivity index (χ4v) is 5.30. The van der Waals surface area contributed by atoms with Gasteiger partial charge in [-0.15, -0.1) is 0 Å². The summed E-state index contributed by atoms with van der Waals surface area (Å²) in [6.07, 6.45) is 8.22. The lowest BCUT2D eigenvalue weighted by atomic mass is 9.45. The highest BCUT2D eigenvalue weighted by Gasteiger charge is 2.57. The Kier molecular flexibility index (Phi) is 2.38. The average molecular weight is 223 g/mol. The molecule has 0 saturated heterocycles. The molecule has 0 spiro atoms. The highest BCUT2D eigenvalue weighted by molar-refractivity contribution is 5.09. The van der Waals surface area contributed by atoms with Crippen molar-refractivity contribution in [3.05, 3.63) is 0 Å². The molecule has 0 heterocycles. The van der Waals surface area contributed by atoms with Gasteiger partial charge in [0.1, 0.15) is 0 Å². The van der Waals surface area contributed by atoms with Crippen LogP contribution in [0.1, 0.15) is 45.4 Å². The minimum absolute atomic E-state index is 0.241. The molecule has 0 aromatic rings. The minimum Gasteiger partial charge on any atom is -0.388 e. The quantitative estimate of drug-likeness (QED) is 0.768. The third-order valence-electron chi connectivity index (χ3n) is 5.70. The average Bonchev–Trinajstić information content (AvgIpc) is 2.14. The van der Waals surface area contributed by atoms with Gasteiger partial charge in [-0.1, -0.05) is 0 Å². The molecule has 4 bridgehead atoms. The second kappa shape index (κ2) is 3.46. The van der Waals surface area contributed by atoms with Crippen molar-refractivity contribution in [2.45, 2.75) is 51.0 Å². The van der Waals surface area contributed by atoms with E-state index in [4.69, 9.17) is 0 Å². The molecule has 2 N–H and O–H groups in total.